The molecule has 2 amide bonds. The van der Waals surface area contributed by atoms with E-state index in [1.54, 1.807) is 17.0 Å². The van der Waals surface area contributed by atoms with Gasteiger partial charge in [0.15, 0.2) is 0 Å². The fraction of sp³-hybridized carbons (Fsp3) is 0.300. The summed E-state index contributed by atoms with van der Waals surface area (Å²) in [7, 11) is 0. The van der Waals surface area contributed by atoms with Gasteiger partial charge in [-0.1, -0.05) is 24.3 Å². The van der Waals surface area contributed by atoms with Gasteiger partial charge in [-0.05, 0) is 48.2 Å². The van der Waals surface area contributed by atoms with Gasteiger partial charge in [0.05, 0.1) is 11.1 Å². The highest BCUT2D eigenvalue weighted by Crippen LogP contribution is 2.31. The summed E-state index contributed by atoms with van der Waals surface area (Å²) in [6, 6.07) is 10.8. The van der Waals surface area contributed by atoms with E-state index in [0.29, 0.717) is 5.56 Å². The van der Waals surface area contributed by atoms with Gasteiger partial charge in [0, 0.05) is 19.1 Å². The van der Waals surface area contributed by atoms with Crippen molar-refractivity contribution in [2.24, 2.45) is 0 Å². The molecule has 0 radical (unpaired) electrons. The van der Waals surface area contributed by atoms with Crippen molar-refractivity contribution in [2.75, 3.05) is 0 Å². The van der Waals surface area contributed by atoms with Gasteiger partial charge in [0.25, 0.3) is 0 Å². The molecule has 8 heteroatoms. The third-order valence-electron chi connectivity index (χ3n) is 4.53. The highest BCUT2D eigenvalue weighted by atomic mass is 19.4. The number of halogens is 3. The molecule has 1 aliphatic carbocycles. The third-order valence-corrected chi connectivity index (χ3v) is 4.53. The van der Waals surface area contributed by atoms with Gasteiger partial charge < -0.3 is 15.3 Å². The average molecular weight is 392 g/mol. The first-order valence-electron chi connectivity index (χ1n) is 8.77. The fourth-order valence-electron chi connectivity index (χ4n) is 2.79. The van der Waals surface area contributed by atoms with Gasteiger partial charge in [-0.3, -0.25) is 0 Å². The summed E-state index contributed by atoms with van der Waals surface area (Å²) < 4.78 is 38.0. The minimum Gasteiger partial charge on any atom is -0.478 e. The number of nitrogens with zero attached hydrogens (tertiary/aromatic N) is 1. The smallest absolute Gasteiger partial charge is 0.416 e. The van der Waals surface area contributed by atoms with Crippen LogP contribution in [0.15, 0.2) is 48.5 Å². The maximum absolute atomic E-state index is 12.7. The van der Waals surface area contributed by atoms with Crippen LogP contribution in [0.4, 0.5) is 18.0 Å². The molecular formula is C20H19F3N2O3. The summed E-state index contributed by atoms with van der Waals surface area (Å²) >= 11 is 0. The van der Waals surface area contributed by atoms with E-state index < -0.39 is 17.7 Å². The van der Waals surface area contributed by atoms with Crippen LogP contribution in [-0.4, -0.2) is 28.0 Å². The largest absolute Gasteiger partial charge is 0.478 e. The Morgan fingerprint density at radius 3 is 2.07 bits per heavy atom. The van der Waals surface area contributed by atoms with Gasteiger partial charge >= 0.3 is 18.2 Å². The number of carboxylic acids is 1. The number of aromatic carboxylic acids is 1. The van der Waals surface area contributed by atoms with Crippen LogP contribution >= 0.6 is 0 Å². The van der Waals surface area contributed by atoms with Crippen molar-refractivity contribution in [1.29, 1.82) is 0 Å². The van der Waals surface area contributed by atoms with E-state index in [2.05, 4.69) is 5.32 Å². The molecule has 5 nitrogen and oxygen atoms in total. The van der Waals surface area contributed by atoms with Crippen LogP contribution in [0.25, 0.3) is 0 Å². The zero-order valence-corrected chi connectivity index (χ0v) is 14.9. The predicted molar refractivity (Wildman–Crippen MR) is 95.6 cm³/mol. The molecule has 0 aliphatic heterocycles. The molecule has 1 fully saturated rings. The number of nitrogens with one attached hydrogen (secondary N) is 1. The average Bonchev–Trinajstić information content (AvgIpc) is 3.49. The zero-order chi connectivity index (χ0) is 20.3. The van der Waals surface area contributed by atoms with Crippen LogP contribution in [0.3, 0.4) is 0 Å². The highest BCUT2D eigenvalue weighted by molar-refractivity contribution is 5.87. The molecule has 2 aromatic rings. The summed E-state index contributed by atoms with van der Waals surface area (Å²) in [5.74, 6) is -1.02. The van der Waals surface area contributed by atoms with Gasteiger partial charge in [0.2, 0.25) is 0 Å². The molecule has 0 atom stereocenters. The van der Waals surface area contributed by atoms with Gasteiger partial charge in [-0.2, -0.15) is 13.2 Å². The van der Waals surface area contributed by atoms with E-state index in [4.69, 9.17) is 5.11 Å². The Balaban J connectivity index is 1.60. The molecule has 2 N–H and O–H groups in total. The number of carboxylic acid groups (broad SMARTS) is 1. The SMILES string of the molecule is O=C(O)c1ccc(CNC(=O)N(Cc2ccc(C(F)(F)F)cc2)C2CC2)cc1. The summed E-state index contributed by atoms with van der Waals surface area (Å²) in [4.78, 5) is 25.0. The number of urea groups is 1. The lowest BCUT2D eigenvalue weighted by molar-refractivity contribution is -0.137. The Bertz CT molecular complexity index is 844. The second-order valence-corrected chi connectivity index (χ2v) is 6.71. The Morgan fingerprint density at radius 1 is 1.00 bits per heavy atom. The minimum atomic E-state index is -4.39. The number of amides is 2. The molecular weight excluding hydrogens is 373 g/mol. The van der Waals surface area contributed by atoms with Crippen molar-refractivity contribution in [3.63, 3.8) is 0 Å². The lowest BCUT2D eigenvalue weighted by Gasteiger charge is -2.23. The molecule has 3 rings (SSSR count). The van der Waals surface area contributed by atoms with Crippen molar-refractivity contribution >= 4 is 12.0 Å². The second kappa shape index (κ2) is 7.92. The summed E-state index contributed by atoms with van der Waals surface area (Å²) in [5.41, 5.74) is 0.824. The number of hydrogen-bond donors (Lipinski definition) is 2. The van der Waals surface area contributed by atoms with Crippen LogP contribution in [0, 0.1) is 0 Å². The van der Waals surface area contributed by atoms with Crippen LogP contribution < -0.4 is 5.32 Å². The lowest BCUT2D eigenvalue weighted by Crippen LogP contribution is -2.40. The molecule has 0 spiro atoms. The molecule has 2 aromatic carbocycles. The topological polar surface area (TPSA) is 69.6 Å². The van der Waals surface area contributed by atoms with Crippen LogP contribution in [-0.2, 0) is 19.3 Å². The van der Waals surface area contributed by atoms with E-state index in [-0.39, 0.29) is 30.7 Å². The van der Waals surface area contributed by atoms with E-state index in [9.17, 15) is 22.8 Å². The first kappa shape index (κ1) is 19.7. The summed E-state index contributed by atoms with van der Waals surface area (Å²) in [6.45, 7) is 0.460. The Kier molecular flexibility index (Phi) is 5.58. The van der Waals surface area contributed by atoms with Crippen molar-refractivity contribution in [3.8, 4) is 0 Å². The number of rotatable bonds is 6. The quantitative estimate of drug-likeness (QED) is 0.771. The molecule has 0 bridgehead atoms. The maximum Gasteiger partial charge on any atom is 0.416 e. The van der Waals surface area contributed by atoms with E-state index in [1.165, 1.54) is 24.3 Å². The number of alkyl halides is 3. The maximum atomic E-state index is 12.7. The normalized spacial score (nSPS) is 13.8. The standard InChI is InChI=1S/C20H19F3N2O3/c21-20(22,23)16-7-3-14(4-8-16)12-25(17-9-10-17)19(28)24-11-13-1-5-15(6-2-13)18(26)27/h1-8,17H,9-12H2,(H,24,28)(H,26,27). The molecule has 0 unspecified atom stereocenters. The van der Waals surface area contributed by atoms with Crippen molar-refractivity contribution in [3.05, 3.63) is 70.8 Å². The number of carbonyl (C=O) groups is 2. The van der Waals surface area contributed by atoms with Crippen molar-refractivity contribution in [1.82, 2.24) is 10.2 Å². The minimum absolute atomic E-state index is 0.0803. The van der Waals surface area contributed by atoms with Gasteiger partial charge in [0.1, 0.15) is 0 Å². The first-order chi connectivity index (χ1) is 13.2. The number of carbonyl (C=O) groups excluding carboxylic acids is 1. The Morgan fingerprint density at radius 2 is 1.57 bits per heavy atom. The molecule has 0 heterocycles. The van der Waals surface area contributed by atoms with E-state index in [0.717, 1.165) is 30.5 Å². The van der Waals surface area contributed by atoms with Crippen LogP contribution in [0.2, 0.25) is 0 Å². The number of hydrogen-bond acceptors (Lipinski definition) is 2. The third kappa shape index (κ3) is 5.03. The summed E-state index contributed by atoms with van der Waals surface area (Å²) in [5, 5.41) is 11.7. The molecule has 0 aromatic heterocycles. The monoisotopic (exact) mass is 392 g/mol. The molecule has 1 aliphatic rings. The van der Waals surface area contributed by atoms with E-state index >= 15 is 0 Å². The lowest BCUT2D eigenvalue weighted by atomic mass is 10.1. The molecule has 0 saturated heterocycles. The Labute approximate surface area is 159 Å². The van der Waals surface area contributed by atoms with Crippen molar-refractivity contribution < 1.29 is 27.9 Å². The van der Waals surface area contributed by atoms with Crippen molar-refractivity contribution in [2.45, 2.75) is 38.1 Å². The number of benzene rings is 2. The second-order valence-electron chi connectivity index (χ2n) is 6.71. The fourth-order valence-corrected chi connectivity index (χ4v) is 2.79. The van der Waals surface area contributed by atoms with Crippen LogP contribution in [0.5, 0.6) is 0 Å². The Hall–Kier alpha value is -3.03. The molecule has 1 saturated carbocycles. The first-order valence-corrected chi connectivity index (χ1v) is 8.77. The molecule has 28 heavy (non-hydrogen) atoms. The van der Waals surface area contributed by atoms with Gasteiger partial charge in [-0.25, -0.2) is 9.59 Å². The zero-order valence-electron chi connectivity index (χ0n) is 14.9. The highest BCUT2D eigenvalue weighted by Gasteiger charge is 2.33. The van der Waals surface area contributed by atoms with Gasteiger partial charge in [-0.15, -0.1) is 0 Å². The molecule has 148 valence electrons. The predicted octanol–water partition coefficient (Wildman–Crippen LogP) is 4.28. The van der Waals surface area contributed by atoms with E-state index in [1.807, 2.05) is 0 Å². The van der Waals surface area contributed by atoms with Crippen LogP contribution in [0.1, 0.15) is 39.9 Å². The summed E-state index contributed by atoms with van der Waals surface area (Å²) in [6.07, 6.45) is -2.66.